The van der Waals surface area contributed by atoms with Gasteiger partial charge in [0.05, 0.1) is 18.6 Å². The molecule has 5 nitrogen and oxygen atoms in total. The molecule has 0 atom stereocenters. The van der Waals surface area contributed by atoms with Crippen LogP contribution in [0.4, 0.5) is 0 Å². The lowest BCUT2D eigenvalue weighted by atomic mass is 9.73. The molecule has 110 valence electrons. The molecule has 2 fully saturated rings. The summed E-state index contributed by atoms with van der Waals surface area (Å²) in [4.78, 5) is 0. The van der Waals surface area contributed by atoms with E-state index in [0.717, 1.165) is 24.8 Å². The molecule has 0 spiro atoms. The predicted octanol–water partition coefficient (Wildman–Crippen LogP) is 1.21. The fourth-order valence-corrected chi connectivity index (χ4v) is 3.86. The number of methoxy groups -OCH3 is 1. The van der Waals surface area contributed by atoms with Crippen LogP contribution < -0.4 is 15.2 Å². The van der Waals surface area contributed by atoms with Gasteiger partial charge in [0.2, 0.25) is 0 Å². The Hall–Kier alpha value is -1.27. The summed E-state index contributed by atoms with van der Waals surface area (Å²) in [5, 5.41) is 0. The molecule has 1 saturated carbocycles. The topological polar surface area (TPSA) is 78.6 Å². The molecule has 20 heavy (non-hydrogen) atoms. The van der Waals surface area contributed by atoms with Gasteiger partial charge in [0.1, 0.15) is 6.10 Å². The van der Waals surface area contributed by atoms with E-state index in [1.165, 1.54) is 0 Å². The highest BCUT2D eigenvalue weighted by molar-refractivity contribution is 7.92. The first-order valence-corrected chi connectivity index (χ1v) is 8.58. The van der Waals surface area contributed by atoms with Crippen molar-refractivity contribution in [2.75, 3.05) is 18.6 Å². The Kier molecular flexibility index (Phi) is 3.17. The van der Waals surface area contributed by atoms with E-state index in [0.29, 0.717) is 11.5 Å². The lowest BCUT2D eigenvalue weighted by Gasteiger charge is -2.39. The van der Waals surface area contributed by atoms with Gasteiger partial charge in [0.15, 0.2) is 21.3 Å². The standard InChI is InChI=1S/C14H19NO4S/c1-18-13-7-10(14(15)5-2-6-14)3-4-12(13)19-11-8-20(16,17)9-11/h3-4,7,11H,2,5-6,8-9,15H2,1H3. The van der Waals surface area contributed by atoms with Crippen LogP contribution in [0.2, 0.25) is 0 Å². The Morgan fingerprint density at radius 3 is 2.45 bits per heavy atom. The molecule has 0 radical (unpaired) electrons. The molecule has 1 heterocycles. The lowest BCUT2D eigenvalue weighted by Crippen LogP contribution is -2.45. The highest BCUT2D eigenvalue weighted by atomic mass is 32.2. The van der Waals surface area contributed by atoms with Gasteiger partial charge in [0, 0.05) is 5.54 Å². The maximum Gasteiger partial charge on any atom is 0.161 e. The van der Waals surface area contributed by atoms with Gasteiger partial charge in [-0.3, -0.25) is 0 Å². The summed E-state index contributed by atoms with van der Waals surface area (Å²) < 4.78 is 33.3. The third-order valence-corrected chi connectivity index (χ3v) is 5.92. The summed E-state index contributed by atoms with van der Waals surface area (Å²) >= 11 is 0. The summed E-state index contributed by atoms with van der Waals surface area (Å²) in [6.45, 7) is 0. The molecule has 2 aliphatic rings. The lowest BCUT2D eigenvalue weighted by molar-refractivity contribution is 0.217. The fourth-order valence-electron chi connectivity index (χ4n) is 2.69. The van der Waals surface area contributed by atoms with Gasteiger partial charge < -0.3 is 15.2 Å². The number of nitrogens with two attached hydrogens (primary N) is 1. The van der Waals surface area contributed by atoms with Crippen molar-refractivity contribution in [3.63, 3.8) is 0 Å². The molecule has 1 aliphatic heterocycles. The van der Waals surface area contributed by atoms with Crippen molar-refractivity contribution in [1.82, 2.24) is 0 Å². The maximum absolute atomic E-state index is 11.1. The van der Waals surface area contributed by atoms with Crippen LogP contribution in [-0.4, -0.2) is 33.1 Å². The Morgan fingerprint density at radius 1 is 1.25 bits per heavy atom. The van der Waals surface area contributed by atoms with Gasteiger partial charge >= 0.3 is 0 Å². The second-order valence-corrected chi connectivity index (χ2v) is 7.85. The van der Waals surface area contributed by atoms with Crippen molar-refractivity contribution in [3.05, 3.63) is 23.8 Å². The first kappa shape index (κ1) is 13.7. The van der Waals surface area contributed by atoms with Crippen molar-refractivity contribution in [3.8, 4) is 11.5 Å². The number of rotatable bonds is 4. The molecular weight excluding hydrogens is 278 g/mol. The van der Waals surface area contributed by atoms with E-state index in [2.05, 4.69) is 0 Å². The zero-order valence-electron chi connectivity index (χ0n) is 11.5. The largest absolute Gasteiger partial charge is 0.493 e. The van der Waals surface area contributed by atoms with Crippen LogP contribution in [-0.2, 0) is 15.4 Å². The van der Waals surface area contributed by atoms with Crippen LogP contribution >= 0.6 is 0 Å². The Morgan fingerprint density at radius 2 is 1.95 bits per heavy atom. The Balaban J connectivity index is 1.78. The first-order valence-electron chi connectivity index (χ1n) is 6.76. The third kappa shape index (κ3) is 2.38. The van der Waals surface area contributed by atoms with Crippen molar-refractivity contribution < 1.29 is 17.9 Å². The van der Waals surface area contributed by atoms with Gasteiger partial charge in [-0.25, -0.2) is 8.42 Å². The van der Waals surface area contributed by atoms with E-state index in [1.807, 2.05) is 18.2 Å². The van der Waals surface area contributed by atoms with Crippen LogP contribution in [0, 0.1) is 0 Å². The minimum absolute atomic E-state index is 0.0821. The highest BCUT2D eigenvalue weighted by Gasteiger charge is 2.37. The SMILES string of the molecule is COc1cc(C2(N)CCC2)ccc1OC1CS(=O)(=O)C1. The number of hydrogen-bond donors (Lipinski definition) is 1. The van der Waals surface area contributed by atoms with Crippen LogP contribution in [0.5, 0.6) is 11.5 Å². The minimum Gasteiger partial charge on any atom is -0.493 e. The Labute approximate surface area is 119 Å². The first-order chi connectivity index (χ1) is 9.42. The van der Waals surface area contributed by atoms with E-state index in [1.54, 1.807) is 7.11 Å². The maximum atomic E-state index is 11.1. The average molecular weight is 297 g/mol. The van der Waals surface area contributed by atoms with E-state index < -0.39 is 9.84 Å². The summed E-state index contributed by atoms with van der Waals surface area (Å²) in [5.41, 5.74) is 7.10. The molecule has 0 bridgehead atoms. The Bertz CT molecular complexity index is 610. The average Bonchev–Trinajstić information content (AvgIpc) is 2.34. The number of sulfone groups is 1. The van der Waals surface area contributed by atoms with Gasteiger partial charge in [0.25, 0.3) is 0 Å². The smallest absolute Gasteiger partial charge is 0.161 e. The molecule has 3 rings (SSSR count). The molecule has 1 aliphatic carbocycles. The van der Waals surface area contributed by atoms with Crippen molar-refractivity contribution in [1.29, 1.82) is 0 Å². The van der Waals surface area contributed by atoms with Gasteiger partial charge in [-0.15, -0.1) is 0 Å². The van der Waals surface area contributed by atoms with E-state index in [4.69, 9.17) is 15.2 Å². The number of hydrogen-bond acceptors (Lipinski definition) is 5. The summed E-state index contributed by atoms with van der Waals surface area (Å²) in [5.74, 6) is 1.36. The van der Waals surface area contributed by atoms with Crippen molar-refractivity contribution >= 4 is 9.84 Å². The van der Waals surface area contributed by atoms with E-state index in [9.17, 15) is 8.42 Å². The molecule has 1 saturated heterocycles. The molecule has 0 unspecified atom stereocenters. The van der Waals surface area contributed by atoms with Gasteiger partial charge in [-0.05, 0) is 37.0 Å². The predicted molar refractivity (Wildman–Crippen MR) is 75.8 cm³/mol. The molecular formula is C14H19NO4S. The third-order valence-electron chi connectivity index (χ3n) is 4.16. The zero-order chi connectivity index (χ0) is 14.4. The van der Waals surface area contributed by atoms with E-state index in [-0.39, 0.29) is 23.1 Å². The summed E-state index contributed by atoms with van der Waals surface area (Å²) in [7, 11) is -1.31. The second-order valence-electron chi connectivity index (χ2n) is 5.69. The second kappa shape index (κ2) is 4.63. The van der Waals surface area contributed by atoms with E-state index >= 15 is 0 Å². The summed E-state index contributed by atoms with van der Waals surface area (Å²) in [6.07, 6.45) is 2.85. The molecule has 0 aromatic heterocycles. The minimum atomic E-state index is -2.88. The van der Waals surface area contributed by atoms with Crippen LogP contribution in [0.3, 0.4) is 0 Å². The molecule has 1 aromatic carbocycles. The van der Waals surface area contributed by atoms with Crippen molar-refractivity contribution in [2.24, 2.45) is 5.73 Å². The van der Waals surface area contributed by atoms with Gasteiger partial charge in [-0.2, -0.15) is 0 Å². The van der Waals surface area contributed by atoms with Crippen molar-refractivity contribution in [2.45, 2.75) is 30.9 Å². The quantitative estimate of drug-likeness (QED) is 0.903. The molecule has 0 amide bonds. The monoisotopic (exact) mass is 297 g/mol. The fraction of sp³-hybridized carbons (Fsp3) is 0.571. The normalized spacial score (nSPS) is 23.5. The molecule has 2 N–H and O–H groups in total. The highest BCUT2D eigenvalue weighted by Crippen LogP contribution is 2.42. The number of ether oxygens (including phenoxy) is 2. The zero-order valence-corrected chi connectivity index (χ0v) is 12.3. The van der Waals surface area contributed by atoms with Crippen LogP contribution in [0.15, 0.2) is 18.2 Å². The summed E-state index contributed by atoms with van der Waals surface area (Å²) in [6, 6.07) is 5.68. The van der Waals surface area contributed by atoms with Gasteiger partial charge in [-0.1, -0.05) is 6.07 Å². The van der Waals surface area contributed by atoms with Crippen LogP contribution in [0.25, 0.3) is 0 Å². The molecule has 1 aromatic rings. The number of benzene rings is 1. The molecule has 6 heteroatoms. The van der Waals surface area contributed by atoms with Crippen LogP contribution in [0.1, 0.15) is 24.8 Å².